The number of fused-ring (bicyclic) bond motifs is 1. The molecule has 0 bridgehead atoms. The fraction of sp³-hybridized carbons (Fsp3) is 0.375. The van der Waals surface area contributed by atoms with Gasteiger partial charge in [-0.2, -0.15) is 5.10 Å². The number of nitrogens with zero attached hydrogens (tertiary/aromatic N) is 7. The molecule has 2 saturated heterocycles. The normalized spacial score (nSPS) is 17.1. The summed E-state index contributed by atoms with van der Waals surface area (Å²) in [6.07, 6.45) is 0.741. The number of hydrogen-bond acceptors (Lipinski definition) is 13. The summed E-state index contributed by atoms with van der Waals surface area (Å²) < 4.78 is 20.2. The number of aromatic amines is 1. The summed E-state index contributed by atoms with van der Waals surface area (Å²) in [5, 5.41) is 26.4. The Bertz CT molecular complexity index is 2750. The predicted octanol–water partition coefficient (Wildman–Crippen LogP) is 4.31. The number of halogens is 1. The minimum Gasteiger partial charge on any atom is -0.496 e. The zero-order valence-corrected chi connectivity index (χ0v) is 38.8. The smallest absolute Gasteiger partial charge is 0.246 e. The van der Waals surface area contributed by atoms with E-state index < -0.39 is 47.1 Å². The van der Waals surface area contributed by atoms with Gasteiger partial charge in [0.15, 0.2) is 5.82 Å². The Labute approximate surface area is 391 Å². The van der Waals surface area contributed by atoms with Gasteiger partial charge in [0.25, 0.3) is 0 Å². The highest BCUT2D eigenvalue weighted by Gasteiger charge is 2.44. The number of likely N-dealkylation sites (tertiary alicyclic amines) is 1. The van der Waals surface area contributed by atoms with Crippen molar-refractivity contribution in [1.29, 1.82) is 0 Å². The Morgan fingerprint density at radius 2 is 1.69 bits per heavy atom. The van der Waals surface area contributed by atoms with Crippen LogP contribution in [-0.4, -0.2) is 135 Å². The lowest BCUT2D eigenvalue weighted by atomic mass is 9.85. The number of aromatic nitrogens is 5. The minimum atomic E-state index is -1.03. The molecule has 67 heavy (non-hydrogen) atoms. The second-order valence-corrected chi connectivity index (χ2v) is 18.7. The van der Waals surface area contributed by atoms with Gasteiger partial charge < -0.3 is 35.6 Å². The number of benzene rings is 3. The van der Waals surface area contributed by atoms with Crippen LogP contribution < -0.4 is 25.6 Å². The molecule has 2 fully saturated rings. The third-order valence-corrected chi connectivity index (χ3v) is 13.1. The maximum Gasteiger partial charge on any atom is 0.246 e. The van der Waals surface area contributed by atoms with Crippen LogP contribution in [0.5, 0.6) is 5.75 Å². The zero-order valence-electron chi connectivity index (χ0n) is 38.0. The quantitative estimate of drug-likeness (QED) is 0.104. The molecule has 3 aromatic carbocycles. The van der Waals surface area contributed by atoms with Crippen molar-refractivity contribution in [3.63, 3.8) is 0 Å². The van der Waals surface area contributed by atoms with E-state index in [1.54, 1.807) is 55.9 Å². The first-order valence-electron chi connectivity index (χ1n) is 22.1. The van der Waals surface area contributed by atoms with Crippen LogP contribution in [0.3, 0.4) is 0 Å². The van der Waals surface area contributed by atoms with E-state index in [4.69, 9.17) is 4.74 Å². The van der Waals surface area contributed by atoms with Gasteiger partial charge in [-0.05, 0) is 47.7 Å². The summed E-state index contributed by atoms with van der Waals surface area (Å²) in [5.74, 6) is -1.73. The fourth-order valence-electron chi connectivity index (χ4n) is 8.45. The Hall–Kier alpha value is -6.83. The highest BCUT2D eigenvalue weighted by atomic mass is 32.1. The van der Waals surface area contributed by atoms with Crippen LogP contribution in [0, 0.1) is 18.2 Å². The first-order chi connectivity index (χ1) is 32.2. The molecule has 17 nitrogen and oxygen atoms in total. The summed E-state index contributed by atoms with van der Waals surface area (Å²) in [6, 6.07) is 18.3. The summed E-state index contributed by atoms with van der Waals surface area (Å²) in [4.78, 5) is 73.8. The van der Waals surface area contributed by atoms with Crippen LogP contribution >= 0.6 is 11.3 Å². The third kappa shape index (κ3) is 10.6. The van der Waals surface area contributed by atoms with Gasteiger partial charge in [0, 0.05) is 56.9 Å². The monoisotopic (exact) mass is 931 g/mol. The Morgan fingerprint density at radius 3 is 2.37 bits per heavy atom. The van der Waals surface area contributed by atoms with Gasteiger partial charge in [0.1, 0.15) is 40.4 Å². The maximum atomic E-state index is 14.8. The molecule has 3 atom stereocenters. The van der Waals surface area contributed by atoms with Crippen molar-refractivity contribution < 1.29 is 33.4 Å². The number of amides is 4. The van der Waals surface area contributed by atoms with Gasteiger partial charge in [0.2, 0.25) is 23.6 Å². The number of carbonyl (C=O) groups excluding carboxylic acids is 4. The molecule has 3 aromatic heterocycles. The molecule has 4 amide bonds. The number of anilines is 1. The highest BCUT2D eigenvalue weighted by molar-refractivity contribution is 7.13. The zero-order chi connectivity index (χ0) is 47.4. The van der Waals surface area contributed by atoms with E-state index in [9.17, 15) is 28.7 Å². The number of aliphatic hydroxyl groups is 1. The maximum absolute atomic E-state index is 14.8. The summed E-state index contributed by atoms with van der Waals surface area (Å²) in [6.45, 7) is 9.88. The van der Waals surface area contributed by atoms with Crippen molar-refractivity contribution in [2.45, 2.75) is 58.8 Å². The van der Waals surface area contributed by atoms with Crippen molar-refractivity contribution in [2.24, 2.45) is 5.41 Å². The van der Waals surface area contributed by atoms with Crippen molar-refractivity contribution in [3.05, 3.63) is 95.5 Å². The molecule has 19 heteroatoms. The standard InChI is InChI=1S/C48H54FN11O6S/c1-28-43(67-27-53-28)31-11-9-29(10-12-31)22-52-46(64)36-21-33(61)25-60(36)47(65)44(48(2,3)4)54-38(62)24-50-39(63)26-58-17-19-59(20-18-58)32-15-13-30(14-16-32)41-42-35(56-57-41)23-51-45(55-42)40-34(49)7-6-8-37(40)66-5/h6-16,23,27,33,36,44,61H,17-22,24-26H2,1-5H3,(H,50,63)(H,52,64)(H,54,62)(H,56,57)/t33-,36+,44-/m1/s1. The number of piperazine rings is 1. The van der Waals surface area contributed by atoms with Crippen LogP contribution in [0.1, 0.15) is 38.4 Å². The molecule has 0 unspecified atom stereocenters. The number of thiazole rings is 1. The van der Waals surface area contributed by atoms with E-state index in [0.29, 0.717) is 48.7 Å². The van der Waals surface area contributed by atoms with Crippen molar-refractivity contribution >= 4 is 51.7 Å². The SMILES string of the molecule is COc1cccc(F)c1-c1ncc2[nH]nc(-c3ccc(N4CCN(CC(=O)NCC(=O)N[C@H](C(=O)N5C[C@H](O)C[C@H]5C(=O)NCc5ccc(-c6scnc6C)cc5)C(C)(C)C)CC4)cc3)c2n1. The lowest BCUT2D eigenvalue weighted by molar-refractivity contribution is -0.144. The Balaban J connectivity index is 0.802. The van der Waals surface area contributed by atoms with Gasteiger partial charge in [-0.25, -0.2) is 19.3 Å². The number of hydrogen-bond donors (Lipinski definition) is 5. The van der Waals surface area contributed by atoms with Crippen LogP contribution in [0.4, 0.5) is 10.1 Å². The molecule has 0 spiro atoms. The second-order valence-electron chi connectivity index (χ2n) is 17.9. The Morgan fingerprint density at radius 1 is 0.955 bits per heavy atom. The fourth-order valence-corrected chi connectivity index (χ4v) is 9.26. The number of rotatable bonds is 14. The Kier molecular flexibility index (Phi) is 13.9. The number of H-pyrrole nitrogens is 1. The predicted molar refractivity (Wildman–Crippen MR) is 252 cm³/mol. The number of carbonyl (C=O) groups is 4. The van der Waals surface area contributed by atoms with E-state index in [1.807, 2.05) is 60.4 Å². The lowest BCUT2D eigenvalue weighted by Crippen LogP contribution is -2.59. The summed E-state index contributed by atoms with van der Waals surface area (Å²) >= 11 is 1.56. The molecular weight excluding hydrogens is 878 g/mol. The minimum absolute atomic E-state index is 0.0488. The largest absolute Gasteiger partial charge is 0.496 e. The van der Waals surface area contributed by atoms with Gasteiger partial charge >= 0.3 is 0 Å². The third-order valence-electron chi connectivity index (χ3n) is 12.1. The number of aliphatic hydroxyl groups excluding tert-OH is 1. The molecule has 2 aliphatic heterocycles. The topological polar surface area (TPSA) is 211 Å². The van der Waals surface area contributed by atoms with Crippen LogP contribution in [0.15, 0.2) is 78.4 Å². The number of methoxy groups -OCH3 is 1. The molecule has 350 valence electrons. The number of aryl methyl sites for hydroxylation is 1. The van der Waals surface area contributed by atoms with Crippen molar-refractivity contribution in [1.82, 2.24) is 50.9 Å². The molecule has 6 aromatic rings. The molecule has 2 aliphatic rings. The van der Waals surface area contributed by atoms with Gasteiger partial charge in [-0.3, -0.25) is 29.2 Å². The average molecular weight is 932 g/mol. The lowest BCUT2D eigenvalue weighted by Gasteiger charge is -2.36. The molecule has 0 aliphatic carbocycles. The molecular formula is C48H54FN11O6S. The van der Waals surface area contributed by atoms with E-state index in [2.05, 4.69) is 46.0 Å². The average Bonchev–Trinajstić information content (AvgIpc) is 4.07. The first-order valence-corrected chi connectivity index (χ1v) is 23.0. The van der Waals surface area contributed by atoms with Crippen LogP contribution in [0.25, 0.3) is 44.1 Å². The number of β-amino-alcohol motifs (C(OH)–C–C–N with tert-alkyl or cyclic N) is 1. The van der Waals surface area contributed by atoms with E-state index >= 15 is 0 Å². The second kappa shape index (κ2) is 20.0. The highest BCUT2D eigenvalue weighted by Crippen LogP contribution is 2.34. The summed E-state index contributed by atoms with van der Waals surface area (Å²) in [7, 11) is 1.47. The van der Waals surface area contributed by atoms with Crippen LogP contribution in [-0.2, 0) is 25.7 Å². The van der Waals surface area contributed by atoms with Gasteiger partial charge in [0.05, 0.1) is 54.1 Å². The van der Waals surface area contributed by atoms with Crippen molar-refractivity contribution in [2.75, 3.05) is 57.8 Å². The summed E-state index contributed by atoms with van der Waals surface area (Å²) in [5.41, 5.74) is 7.66. The molecule has 5 heterocycles. The molecule has 0 radical (unpaired) electrons. The molecule has 0 saturated carbocycles. The van der Waals surface area contributed by atoms with E-state index in [1.165, 1.54) is 18.1 Å². The molecule has 8 rings (SSSR count). The van der Waals surface area contributed by atoms with Gasteiger partial charge in [-0.15, -0.1) is 11.3 Å². The number of ether oxygens (including phenoxy) is 1. The first kappa shape index (κ1) is 46.7. The van der Waals surface area contributed by atoms with Gasteiger partial charge in [-0.1, -0.05) is 63.2 Å². The van der Waals surface area contributed by atoms with Crippen molar-refractivity contribution in [3.8, 4) is 38.8 Å². The van der Waals surface area contributed by atoms with Crippen LogP contribution in [0.2, 0.25) is 0 Å². The van der Waals surface area contributed by atoms with E-state index in [-0.39, 0.29) is 49.9 Å². The number of nitrogens with one attached hydrogen (secondary N) is 4. The van der Waals surface area contributed by atoms with E-state index in [0.717, 1.165) is 32.9 Å². The molecule has 5 N–H and O–H groups in total.